The van der Waals surface area contributed by atoms with Gasteiger partial charge in [0.25, 0.3) is 5.91 Å². The zero-order chi connectivity index (χ0) is 21.5. The van der Waals surface area contributed by atoms with Crippen LogP contribution in [0.3, 0.4) is 0 Å². The van der Waals surface area contributed by atoms with E-state index in [9.17, 15) is 9.59 Å². The summed E-state index contributed by atoms with van der Waals surface area (Å²) in [4.78, 5) is 29.7. The molecule has 31 heavy (non-hydrogen) atoms. The molecule has 2 N–H and O–H groups in total. The predicted octanol–water partition coefficient (Wildman–Crippen LogP) is -0.00738. The van der Waals surface area contributed by atoms with Crippen LogP contribution in [-0.4, -0.2) is 50.8 Å². The third-order valence-electron chi connectivity index (χ3n) is 6.54. The molecule has 0 saturated carbocycles. The molecular weight excluding hydrogens is 418 g/mol. The van der Waals surface area contributed by atoms with E-state index in [-0.39, 0.29) is 31.1 Å². The summed E-state index contributed by atoms with van der Waals surface area (Å²) in [5.41, 5.74) is 2.71. The van der Waals surface area contributed by atoms with Crippen molar-refractivity contribution in [3.63, 3.8) is 0 Å². The normalized spacial score (nSPS) is 25.4. The number of nitrogens with one attached hydrogen (secondary N) is 2. The van der Waals surface area contributed by atoms with E-state index < -0.39 is 0 Å². The number of carbonyl (C=O) groups excluding carboxylic acids is 2. The first-order chi connectivity index (χ1) is 15.0. The second-order valence-electron chi connectivity index (χ2n) is 8.53. The Morgan fingerprint density at radius 3 is 2.58 bits per heavy atom. The maximum atomic E-state index is 13.1. The second-order valence-corrected chi connectivity index (χ2v) is 8.94. The van der Waals surface area contributed by atoms with Gasteiger partial charge in [0, 0.05) is 10.6 Å². The molecule has 162 valence electrons. The summed E-state index contributed by atoms with van der Waals surface area (Å²) >= 11 is 6.21. The Morgan fingerprint density at radius 1 is 1.03 bits per heavy atom. The van der Waals surface area contributed by atoms with E-state index in [1.54, 1.807) is 12.1 Å². The molecule has 2 aromatic carbocycles. The van der Waals surface area contributed by atoms with Crippen LogP contribution in [0.15, 0.2) is 36.4 Å². The molecule has 0 spiro atoms. The highest BCUT2D eigenvalue weighted by Gasteiger charge is 2.47. The lowest BCUT2D eigenvalue weighted by Crippen LogP contribution is -3.29. The van der Waals surface area contributed by atoms with Crippen LogP contribution in [0.2, 0.25) is 5.02 Å². The Balaban J connectivity index is 1.21. The van der Waals surface area contributed by atoms with Crippen molar-refractivity contribution in [2.24, 2.45) is 0 Å². The molecule has 7 nitrogen and oxygen atoms in total. The number of benzene rings is 2. The average molecular weight is 444 g/mol. The first kappa shape index (κ1) is 20.3. The lowest BCUT2D eigenvalue weighted by Gasteiger charge is -2.32. The van der Waals surface area contributed by atoms with Crippen molar-refractivity contribution in [3.05, 3.63) is 52.5 Å². The molecule has 2 amide bonds. The number of aryl methyl sites for hydroxylation is 1. The van der Waals surface area contributed by atoms with Crippen LogP contribution in [0, 0.1) is 6.92 Å². The summed E-state index contributed by atoms with van der Waals surface area (Å²) in [5, 5.41) is 0.564. The minimum absolute atomic E-state index is 0.112. The van der Waals surface area contributed by atoms with E-state index in [4.69, 9.17) is 21.1 Å². The Bertz CT molecular complexity index is 1040. The van der Waals surface area contributed by atoms with E-state index in [1.807, 2.05) is 19.1 Å². The standard InChI is InChI=1S/C23H24ClN3O4/c1-15-2-4-17(11-18(15)24)27-22(28)12-19(23(27)29)26-8-6-25(7-9-26)13-16-3-5-20-21(10-16)31-14-30-20/h2-5,10-11,19H,6-9,12-14H2,1H3/p+2/t19-/m1/s1. The molecule has 0 unspecified atom stereocenters. The second kappa shape index (κ2) is 8.15. The van der Waals surface area contributed by atoms with Gasteiger partial charge in [-0.1, -0.05) is 17.7 Å². The van der Waals surface area contributed by atoms with Gasteiger partial charge in [-0.15, -0.1) is 0 Å². The maximum Gasteiger partial charge on any atom is 0.292 e. The van der Waals surface area contributed by atoms with Gasteiger partial charge in [-0.2, -0.15) is 0 Å². The van der Waals surface area contributed by atoms with Crippen LogP contribution in [0.25, 0.3) is 0 Å². The minimum atomic E-state index is -0.306. The fourth-order valence-electron chi connectivity index (χ4n) is 4.73. The quantitative estimate of drug-likeness (QED) is 0.653. The predicted molar refractivity (Wildman–Crippen MR) is 115 cm³/mol. The largest absolute Gasteiger partial charge is 0.454 e. The van der Waals surface area contributed by atoms with Gasteiger partial charge in [0.05, 0.1) is 12.1 Å². The fourth-order valence-corrected chi connectivity index (χ4v) is 4.91. The monoisotopic (exact) mass is 443 g/mol. The number of ether oxygens (including phenoxy) is 2. The number of carbonyl (C=O) groups is 2. The third kappa shape index (κ3) is 3.89. The summed E-state index contributed by atoms with van der Waals surface area (Å²) in [6, 6.07) is 11.1. The number of halogens is 1. The Kier molecular flexibility index (Phi) is 5.33. The van der Waals surface area contributed by atoms with Crippen molar-refractivity contribution in [3.8, 4) is 11.5 Å². The van der Waals surface area contributed by atoms with Crippen LogP contribution in [0.4, 0.5) is 5.69 Å². The summed E-state index contributed by atoms with van der Waals surface area (Å²) in [7, 11) is 0. The molecule has 0 bridgehead atoms. The number of hydrogen-bond acceptors (Lipinski definition) is 4. The van der Waals surface area contributed by atoms with Gasteiger partial charge >= 0.3 is 0 Å². The first-order valence-electron chi connectivity index (χ1n) is 10.7. The lowest BCUT2D eigenvalue weighted by molar-refractivity contribution is -1.02. The Morgan fingerprint density at radius 2 is 1.81 bits per heavy atom. The van der Waals surface area contributed by atoms with E-state index in [0.717, 1.165) is 49.8 Å². The molecule has 2 saturated heterocycles. The van der Waals surface area contributed by atoms with Crippen molar-refractivity contribution in [2.45, 2.75) is 25.9 Å². The summed E-state index contributed by atoms with van der Waals surface area (Å²) < 4.78 is 10.9. The van der Waals surface area contributed by atoms with Crippen molar-refractivity contribution in [1.29, 1.82) is 0 Å². The number of amides is 2. The van der Waals surface area contributed by atoms with Crippen molar-refractivity contribution < 1.29 is 28.9 Å². The van der Waals surface area contributed by atoms with Crippen molar-refractivity contribution in [2.75, 3.05) is 37.9 Å². The van der Waals surface area contributed by atoms with Gasteiger partial charge < -0.3 is 19.3 Å². The van der Waals surface area contributed by atoms with E-state index in [0.29, 0.717) is 10.7 Å². The van der Waals surface area contributed by atoms with Gasteiger partial charge in [-0.3, -0.25) is 9.59 Å². The third-order valence-corrected chi connectivity index (χ3v) is 6.95. The molecule has 3 aliphatic rings. The molecule has 0 aromatic heterocycles. The molecule has 5 rings (SSSR count). The van der Waals surface area contributed by atoms with Gasteiger partial charge in [0.1, 0.15) is 32.7 Å². The first-order valence-corrected chi connectivity index (χ1v) is 11.1. The van der Waals surface area contributed by atoms with Crippen LogP contribution in [0.1, 0.15) is 17.5 Å². The lowest BCUT2D eigenvalue weighted by atomic mass is 10.1. The molecular formula is C23H26ClN3O4+2. The number of fused-ring (bicyclic) bond motifs is 1. The summed E-state index contributed by atoms with van der Waals surface area (Å²) in [5.74, 6) is 1.36. The smallest absolute Gasteiger partial charge is 0.292 e. The molecule has 2 fully saturated rings. The maximum absolute atomic E-state index is 13.1. The van der Waals surface area contributed by atoms with E-state index in [1.165, 1.54) is 20.3 Å². The fraction of sp³-hybridized carbons (Fsp3) is 0.391. The number of hydrogen-bond donors (Lipinski definition) is 2. The zero-order valence-electron chi connectivity index (χ0n) is 17.4. The minimum Gasteiger partial charge on any atom is -0.454 e. The SMILES string of the molecule is Cc1ccc(N2C(=O)C[C@@H]([NH+]3CC[NH+](Cc4ccc5c(c4)OCO5)CC3)C2=O)cc1Cl. The number of quaternary nitrogens is 2. The van der Waals surface area contributed by atoms with Crippen LogP contribution in [-0.2, 0) is 16.1 Å². The molecule has 8 heteroatoms. The Labute approximate surface area is 186 Å². The van der Waals surface area contributed by atoms with Crippen LogP contribution < -0.4 is 24.2 Å². The molecule has 3 heterocycles. The summed E-state index contributed by atoms with van der Waals surface area (Å²) in [6.07, 6.45) is 0.261. The van der Waals surface area contributed by atoms with Gasteiger partial charge in [-0.05, 0) is 42.8 Å². The highest BCUT2D eigenvalue weighted by atomic mass is 35.5. The molecule has 1 atom stereocenters. The highest BCUT2D eigenvalue weighted by molar-refractivity contribution is 6.32. The number of nitrogens with zero attached hydrogens (tertiary/aromatic N) is 1. The number of imide groups is 1. The number of piperazine rings is 1. The van der Waals surface area contributed by atoms with Crippen molar-refractivity contribution >= 4 is 29.1 Å². The van der Waals surface area contributed by atoms with Crippen molar-refractivity contribution in [1.82, 2.24) is 0 Å². The Hall–Kier alpha value is -2.61. The molecule has 2 aromatic rings. The van der Waals surface area contributed by atoms with Crippen LogP contribution in [0.5, 0.6) is 11.5 Å². The molecule has 0 aliphatic carbocycles. The topological polar surface area (TPSA) is 64.7 Å². The van der Waals surface area contributed by atoms with Crippen LogP contribution >= 0.6 is 11.6 Å². The van der Waals surface area contributed by atoms with Gasteiger partial charge in [-0.25, -0.2) is 4.90 Å². The van der Waals surface area contributed by atoms with E-state index >= 15 is 0 Å². The zero-order valence-corrected chi connectivity index (χ0v) is 18.2. The molecule has 3 aliphatic heterocycles. The average Bonchev–Trinajstić information content (AvgIpc) is 3.34. The van der Waals surface area contributed by atoms with Gasteiger partial charge in [0.15, 0.2) is 17.5 Å². The highest BCUT2D eigenvalue weighted by Crippen LogP contribution is 2.32. The van der Waals surface area contributed by atoms with Gasteiger partial charge in [0.2, 0.25) is 12.7 Å². The molecule has 0 radical (unpaired) electrons. The summed E-state index contributed by atoms with van der Waals surface area (Å²) in [6.45, 7) is 6.75. The van der Waals surface area contributed by atoms with E-state index in [2.05, 4.69) is 12.1 Å². The number of anilines is 1. The number of rotatable bonds is 4.